The number of ether oxygens (including phenoxy) is 1. The third kappa shape index (κ3) is 5.46. The maximum absolute atomic E-state index is 11.1. The maximum Gasteiger partial charge on any atom is 0.161 e. The molecule has 6 heteroatoms. The van der Waals surface area contributed by atoms with Crippen molar-refractivity contribution in [3.05, 3.63) is 56.5 Å². The standard InChI is InChI=1S/C10H11BrO2.C8H7BrO2/c1-3-13-9-6-4-5-8(7(2)12)10(9)11;1-5(10)6-3-2-4-7(11)8(6)9/h4-6H,3H2,1-2H3;2-4,11H,1H3. The van der Waals surface area contributed by atoms with Crippen molar-refractivity contribution in [1.29, 1.82) is 0 Å². The number of benzene rings is 2. The summed E-state index contributed by atoms with van der Waals surface area (Å²) in [6, 6.07) is 10.2. The Morgan fingerprint density at radius 2 is 1.46 bits per heavy atom. The summed E-state index contributed by atoms with van der Waals surface area (Å²) in [5, 5.41) is 9.15. The molecular formula is C18H18Br2O4. The zero-order valence-electron chi connectivity index (χ0n) is 13.6. The molecule has 0 amide bonds. The summed E-state index contributed by atoms with van der Waals surface area (Å²) in [7, 11) is 0. The van der Waals surface area contributed by atoms with Crippen LogP contribution in [-0.4, -0.2) is 23.3 Å². The van der Waals surface area contributed by atoms with E-state index in [1.807, 2.05) is 19.1 Å². The number of carbonyl (C=O) groups excluding carboxylic acids is 2. The Morgan fingerprint density at radius 3 is 1.92 bits per heavy atom. The van der Waals surface area contributed by atoms with Crippen molar-refractivity contribution >= 4 is 43.4 Å². The van der Waals surface area contributed by atoms with Crippen molar-refractivity contribution in [2.45, 2.75) is 20.8 Å². The Bertz CT molecular complexity index is 742. The lowest BCUT2D eigenvalue weighted by molar-refractivity contribution is 0.100. The van der Waals surface area contributed by atoms with Gasteiger partial charge in [-0.25, -0.2) is 0 Å². The predicted molar refractivity (Wildman–Crippen MR) is 101 cm³/mol. The molecule has 0 radical (unpaired) electrons. The van der Waals surface area contributed by atoms with Crippen LogP contribution in [0.2, 0.25) is 0 Å². The molecular weight excluding hydrogens is 440 g/mol. The monoisotopic (exact) mass is 456 g/mol. The Kier molecular flexibility index (Phi) is 8.15. The third-order valence-electron chi connectivity index (χ3n) is 3.00. The highest BCUT2D eigenvalue weighted by atomic mass is 79.9. The fourth-order valence-corrected chi connectivity index (χ4v) is 3.04. The highest BCUT2D eigenvalue weighted by molar-refractivity contribution is 9.11. The van der Waals surface area contributed by atoms with Crippen LogP contribution in [0.1, 0.15) is 41.5 Å². The van der Waals surface area contributed by atoms with Gasteiger partial charge in [0, 0.05) is 11.1 Å². The van der Waals surface area contributed by atoms with Gasteiger partial charge in [-0.3, -0.25) is 9.59 Å². The zero-order chi connectivity index (χ0) is 18.3. The third-order valence-corrected chi connectivity index (χ3v) is 4.65. The Morgan fingerprint density at radius 1 is 0.958 bits per heavy atom. The molecule has 1 N–H and O–H groups in total. The lowest BCUT2D eigenvalue weighted by Crippen LogP contribution is -1.98. The van der Waals surface area contributed by atoms with Crippen LogP contribution in [0.5, 0.6) is 11.5 Å². The molecule has 4 nitrogen and oxygen atoms in total. The molecule has 2 aromatic rings. The van der Waals surface area contributed by atoms with Gasteiger partial charge in [0.2, 0.25) is 0 Å². The Balaban J connectivity index is 0.000000243. The molecule has 0 saturated carbocycles. The second kappa shape index (κ2) is 9.59. The smallest absolute Gasteiger partial charge is 0.161 e. The quantitative estimate of drug-likeness (QED) is 0.623. The minimum absolute atomic E-state index is 0.0356. The van der Waals surface area contributed by atoms with Crippen LogP contribution in [0.4, 0.5) is 0 Å². The number of hydrogen-bond acceptors (Lipinski definition) is 4. The van der Waals surface area contributed by atoms with Crippen molar-refractivity contribution in [1.82, 2.24) is 0 Å². The Hall–Kier alpha value is -1.66. The van der Waals surface area contributed by atoms with E-state index < -0.39 is 0 Å². The molecule has 0 heterocycles. The maximum atomic E-state index is 11.1. The fraction of sp³-hybridized carbons (Fsp3) is 0.222. The van der Waals surface area contributed by atoms with E-state index in [4.69, 9.17) is 9.84 Å². The molecule has 2 aromatic carbocycles. The normalized spacial score (nSPS) is 9.71. The number of halogens is 2. The molecule has 0 bridgehead atoms. The topological polar surface area (TPSA) is 63.6 Å². The van der Waals surface area contributed by atoms with Crippen molar-refractivity contribution in [3.63, 3.8) is 0 Å². The summed E-state index contributed by atoms with van der Waals surface area (Å²) in [5.41, 5.74) is 1.16. The molecule has 128 valence electrons. The summed E-state index contributed by atoms with van der Waals surface area (Å²) in [6.07, 6.45) is 0. The lowest BCUT2D eigenvalue weighted by Gasteiger charge is -2.07. The van der Waals surface area contributed by atoms with E-state index in [2.05, 4.69) is 31.9 Å². The molecule has 0 aromatic heterocycles. The minimum Gasteiger partial charge on any atom is -0.507 e. The van der Waals surface area contributed by atoms with E-state index in [0.29, 0.717) is 22.2 Å². The van der Waals surface area contributed by atoms with Crippen LogP contribution in [-0.2, 0) is 0 Å². The van der Waals surface area contributed by atoms with E-state index in [-0.39, 0.29) is 17.3 Å². The highest BCUT2D eigenvalue weighted by Crippen LogP contribution is 2.29. The van der Waals surface area contributed by atoms with Gasteiger partial charge in [-0.2, -0.15) is 0 Å². The first kappa shape index (κ1) is 20.4. The van der Waals surface area contributed by atoms with Gasteiger partial charge < -0.3 is 9.84 Å². The van der Waals surface area contributed by atoms with Gasteiger partial charge >= 0.3 is 0 Å². The van der Waals surface area contributed by atoms with Gasteiger partial charge in [0.05, 0.1) is 15.6 Å². The molecule has 0 spiro atoms. The van der Waals surface area contributed by atoms with Gasteiger partial charge in [-0.05, 0) is 64.8 Å². The van der Waals surface area contributed by atoms with E-state index in [9.17, 15) is 9.59 Å². The zero-order valence-corrected chi connectivity index (χ0v) is 16.8. The number of phenols is 1. The lowest BCUT2D eigenvalue weighted by atomic mass is 10.1. The second-order valence-electron chi connectivity index (χ2n) is 4.80. The second-order valence-corrected chi connectivity index (χ2v) is 6.39. The van der Waals surface area contributed by atoms with Crippen molar-refractivity contribution in [2.75, 3.05) is 6.61 Å². The number of phenolic OH excluding ortho intramolecular Hbond substituents is 1. The fourth-order valence-electron chi connectivity index (χ4n) is 1.84. The van der Waals surface area contributed by atoms with Gasteiger partial charge in [0.25, 0.3) is 0 Å². The molecule has 0 aliphatic carbocycles. The van der Waals surface area contributed by atoms with Gasteiger partial charge in [0.1, 0.15) is 11.5 Å². The van der Waals surface area contributed by atoms with E-state index in [0.717, 1.165) is 10.2 Å². The number of Topliss-reactive ketones (excluding diaryl/α,β-unsaturated/α-hetero) is 2. The number of rotatable bonds is 4. The summed E-state index contributed by atoms with van der Waals surface area (Å²) in [5.74, 6) is 0.786. The van der Waals surface area contributed by atoms with Crippen LogP contribution < -0.4 is 4.74 Å². The van der Waals surface area contributed by atoms with Crippen LogP contribution in [0, 0.1) is 0 Å². The van der Waals surface area contributed by atoms with Gasteiger partial charge in [-0.1, -0.05) is 24.3 Å². The number of aromatic hydroxyl groups is 1. The van der Waals surface area contributed by atoms with Gasteiger partial charge in [0.15, 0.2) is 11.6 Å². The summed E-state index contributed by atoms with van der Waals surface area (Å²) >= 11 is 6.45. The SMILES string of the molecule is CC(=O)c1cccc(O)c1Br.CCOc1cccc(C(C)=O)c1Br. The molecule has 24 heavy (non-hydrogen) atoms. The first-order valence-corrected chi connectivity index (χ1v) is 8.78. The van der Waals surface area contributed by atoms with Crippen LogP contribution in [0.3, 0.4) is 0 Å². The molecule has 0 aliphatic rings. The number of ketones is 2. The summed E-state index contributed by atoms with van der Waals surface area (Å²) < 4.78 is 6.53. The van der Waals surface area contributed by atoms with Gasteiger partial charge in [-0.15, -0.1) is 0 Å². The van der Waals surface area contributed by atoms with Crippen molar-refractivity contribution < 1.29 is 19.4 Å². The van der Waals surface area contributed by atoms with Crippen molar-refractivity contribution in [2.24, 2.45) is 0 Å². The average Bonchev–Trinajstić information content (AvgIpc) is 2.52. The first-order valence-electron chi connectivity index (χ1n) is 7.20. The molecule has 0 fully saturated rings. The van der Waals surface area contributed by atoms with Crippen molar-refractivity contribution in [3.8, 4) is 11.5 Å². The minimum atomic E-state index is -0.0622. The van der Waals surface area contributed by atoms with E-state index >= 15 is 0 Å². The molecule has 0 saturated heterocycles. The summed E-state index contributed by atoms with van der Waals surface area (Å²) in [6.45, 7) is 5.50. The van der Waals surface area contributed by atoms with Crippen LogP contribution in [0.25, 0.3) is 0 Å². The van der Waals surface area contributed by atoms with Crippen LogP contribution in [0.15, 0.2) is 45.3 Å². The highest BCUT2D eigenvalue weighted by Gasteiger charge is 2.09. The van der Waals surface area contributed by atoms with E-state index in [1.54, 1.807) is 18.2 Å². The van der Waals surface area contributed by atoms with E-state index in [1.165, 1.54) is 19.9 Å². The molecule has 2 rings (SSSR count). The largest absolute Gasteiger partial charge is 0.507 e. The summed E-state index contributed by atoms with van der Waals surface area (Å²) in [4.78, 5) is 22.0. The average molecular weight is 458 g/mol. The number of hydrogen-bond donors (Lipinski definition) is 1. The predicted octanol–water partition coefficient (Wildman–Crippen LogP) is 5.41. The first-order chi connectivity index (χ1) is 11.3. The number of carbonyl (C=O) groups is 2. The molecule has 0 aliphatic heterocycles. The molecule has 0 unspecified atom stereocenters. The van der Waals surface area contributed by atoms with Crippen LogP contribution >= 0.6 is 31.9 Å². The Labute approximate surface area is 158 Å². The molecule has 0 atom stereocenters.